The minimum absolute atomic E-state index is 0.0423. The highest BCUT2D eigenvalue weighted by Gasteiger charge is 2.27. The number of aromatic nitrogens is 2. The van der Waals surface area contributed by atoms with Crippen LogP contribution < -0.4 is 20.9 Å². The minimum atomic E-state index is -0.691. The summed E-state index contributed by atoms with van der Waals surface area (Å²) in [6.07, 6.45) is 3.72. The van der Waals surface area contributed by atoms with Crippen molar-refractivity contribution in [2.45, 2.75) is 71.6 Å². The summed E-state index contributed by atoms with van der Waals surface area (Å²) in [5, 5.41) is 8.65. The van der Waals surface area contributed by atoms with Crippen LogP contribution in [0.15, 0.2) is 22.4 Å². The number of alkyl carbamates (subject to hydrolysis) is 1. The molecule has 3 amide bonds. The van der Waals surface area contributed by atoms with Crippen LogP contribution in [0.25, 0.3) is 0 Å². The molecule has 1 aliphatic heterocycles. The average molecular weight is 598 g/mol. The highest BCUT2D eigenvalue weighted by Crippen LogP contribution is 2.32. The number of nitrogens with one attached hydrogen (secondary N) is 3. The molecule has 37 heavy (non-hydrogen) atoms. The Morgan fingerprint density at radius 2 is 1.76 bits per heavy atom. The molecule has 2 aromatic rings. The van der Waals surface area contributed by atoms with E-state index >= 15 is 0 Å². The molecule has 1 atom stereocenters. The quantitative estimate of drug-likeness (QED) is 0.418. The first-order valence-electron chi connectivity index (χ1n) is 11.9. The first-order valence-corrected chi connectivity index (χ1v) is 13.5. The van der Waals surface area contributed by atoms with Crippen LogP contribution in [-0.2, 0) is 9.47 Å². The zero-order chi connectivity index (χ0) is 27.4. The van der Waals surface area contributed by atoms with Gasteiger partial charge in [0, 0.05) is 25.3 Å². The molecule has 202 valence electrons. The van der Waals surface area contributed by atoms with Crippen molar-refractivity contribution in [1.82, 2.24) is 15.3 Å². The maximum atomic E-state index is 13.2. The van der Waals surface area contributed by atoms with Crippen molar-refractivity contribution in [3.05, 3.63) is 28.1 Å². The van der Waals surface area contributed by atoms with Crippen LogP contribution in [0.4, 0.5) is 26.0 Å². The lowest BCUT2D eigenvalue weighted by Gasteiger charge is -2.35. The van der Waals surface area contributed by atoms with E-state index in [1.165, 1.54) is 0 Å². The number of carbonyl (C=O) groups is 3. The average Bonchev–Trinajstić information content (AvgIpc) is 3.11. The fraction of sp³-hybridized carbons (Fsp3) is 0.542. The summed E-state index contributed by atoms with van der Waals surface area (Å²) in [5.74, 6) is -0.511. The Labute approximate surface area is 228 Å². The van der Waals surface area contributed by atoms with Crippen LogP contribution >= 0.6 is 27.3 Å². The molecule has 1 saturated heterocycles. The number of carbonyl (C=O) groups excluding carboxylic acids is 3. The van der Waals surface area contributed by atoms with Crippen molar-refractivity contribution in [2.75, 3.05) is 28.6 Å². The van der Waals surface area contributed by atoms with E-state index in [2.05, 4.69) is 46.7 Å². The van der Waals surface area contributed by atoms with Crippen LogP contribution in [0, 0.1) is 0 Å². The molecule has 0 aromatic carbocycles. The third-order valence-electron chi connectivity index (χ3n) is 4.96. The van der Waals surface area contributed by atoms with Crippen LogP contribution in [-0.4, -0.2) is 58.4 Å². The summed E-state index contributed by atoms with van der Waals surface area (Å²) >= 11 is 4.38. The number of hydrogen-bond acceptors (Lipinski definition) is 9. The zero-order valence-electron chi connectivity index (χ0n) is 21.8. The van der Waals surface area contributed by atoms with E-state index in [0.29, 0.717) is 16.1 Å². The first-order chi connectivity index (χ1) is 17.2. The Balaban J connectivity index is 1.72. The number of halogens is 1. The van der Waals surface area contributed by atoms with E-state index in [4.69, 9.17) is 9.47 Å². The van der Waals surface area contributed by atoms with Gasteiger partial charge in [-0.25, -0.2) is 14.6 Å². The Morgan fingerprint density at radius 1 is 1.08 bits per heavy atom. The van der Waals surface area contributed by atoms with Gasteiger partial charge in [-0.05, 0) is 76.4 Å². The number of thiazole rings is 1. The number of ether oxygens (including phenoxy) is 2. The molecule has 1 aliphatic rings. The maximum absolute atomic E-state index is 13.2. The smallest absolute Gasteiger partial charge is 0.412 e. The largest absolute Gasteiger partial charge is 0.444 e. The third kappa shape index (κ3) is 8.85. The summed E-state index contributed by atoms with van der Waals surface area (Å²) in [6, 6.07) is 1.70. The number of anilines is 3. The Morgan fingerprint density at radius 3 is 2.43 bits per heavy atom. The van der Waals surface area contributed by atoms with Crippen molar-refractivity contribution >= 4 is 61.7 Å². The number of pyridine rings is 1. The van der Waals surface area contributed by atoms with Crippen molar-refractivity contribution in [3.63, 3.8) is 0 Å². The normalized spacial score (nSPS) is 16.1. The SMILES string of the molecule is CC(C)(C)OC(=O)Nc1sc(Br)nc1C(=O)Nc1cnccc1N1CCCC(NC(=O)OC(C)(C)C)C1. The Hall–Kier alpha value is -2.93. The van der Waals surface area contributed by atoms with Crippen molar-refractivity contribution in [2.24, 2.45) is 0 Å². The van der Waals surface area contributed by atoms with Gasteiger partial charge in [-0.3, -0.25) is 15.1 Å². The van der Waals surface area contributed by atoms with Gasteiger partial charge in [0.05, 0.1) is 17.6 Å². The van der Waals surface area contributed by atoms with Crippen LogP contribution in [0.1, 0.15) is 64.9 Å². The summed E-state index contributed by atoms with van der Waals surface area (Å²) in [6.45, 7) is 12.0. The number of piperidine rings is 1. The van der Waals surface area contributed by atoms with Crippen molar-refractivity contribution < 1.29 is 23.9 Å². The van der Waals surface area contributed by atoms with Gasteiger partial charge in [0.25, 0.3) is 5.91 Å². The molecule has 3 heterocycles. The van der Waals surface area contributed by atoms with E-state index in [0.717, 1.165) is 36.4 Å². The van der Waals surface area contributed by atoms with Gasteiger partial charge in [0.15, 0.2) is 9.61 Å². The molecule has 0 spiro atoms. The van der Waals surface area contributed by atoms with Crippen LogP contribution in [0.3, 0.4) is 0 Å². The van der Waals surface area contributed by atoms with Crippen molar-refractivity contribution in [1.29, 1.82) is 0 Å². The second kappa shape index (κ2) is 11.6. The predicted octanol–water partition coefficient (Wildman–Crippen LogP) is 5.39. The second-order valence-electron chi connectivity index (χ2n) is 10.5. The molecular weight excluding hydrogens is 564 g/mol. The molecule has 13 heteroatoms. The van der Waals surface area contributed by atoms with E-state index in [1.807, 2.05) is 26.8 Å². The molecule has 0 saturated carbocycles. The molecule has 0 radical (unpaired) electrons. The Bertz CT molecular complexity index is 1140. The number of hydrogen-bond donors (Lipinski definition) is 3. The number of nitrogens with zero attached hydrogens (tertiary/aromatic N) is 3. The number of rotatable bonds is 5. The Kier molecular flexibility index (Phi) is 9.00. The fourth-order valence-corrected chi connectivity index (χ4v) is 5.00. The van der Waals surface area contributed by atoms with Crippen LogP contribution in [0.2, 0.25) is 0 Å². The topological polar surface area (TPSA) is 135 Å². The molecular formula is C24H33BrN6O5S. The first kappa shape index (κ1) is 28.6. The molecule has 3 N–H and O–H groups in total. The minimum Gasteiger partial charge on any atom is -0.444 e. The lowest BCUT2D eigenvalue weighted by atomic mass is 10.0. The van der Waals surface area contributed by atoms with Crippen LogP contribution in [0.5, 0.6) is 0 Å². The van der Waals surface area contributed by atoms with Gasteiger partial charge >= 0.3 is 12.2 Å². The molecule has 2 aromatic heterocycles. The van der Waals surface area contributed by atoms with E-state index in [9.17, 15) is 14.4 Å². The van der Waals surface area contributed by atoms with Gasteiger partial charge in [0.1, 0.15) is 16.2 Å². The summed E-state index contributed by atoms with van der Waals surface area (Å²) in [4.78, 5) is 48.2. The zero-order valence-corrected chi connectivity index (χ0v) is 24.2. The molecule has 11 nitrogen and oxygen atoms in total. The standard InChI is InChI=1S/C24H33BrN6O5S/c1-23(2,3)35-21(33)27-14-8-7-11-31(13-14)16-9-10-26-12-15(16)28-18(32)17-19(37-20(25)29-17)30-22(34)36-24(4,5)6/h9-10,12,14H,7-8,11,13H2,1-6H3,(H,27,33)(H,28,32)(H,30,34). The fourth-order valence-electron chi connectivity index (χ4n) is 3.66. The van der Waals surface area contributed by atoms with Gasteiger partial charge in [-0.1, -0.05) is 11.3 Å². The molecule has 0 aliphatic carbocycles. The monoisotopic (exact) mass is 596 g/mol. The summed E-state index contributed by atoms with van der Waals surface area (Å²) in [5.41, 5.74) is 0.0143. The van der Waals surface area contributed by atoms with E-state index in [-0.39, 0.29) is 16.7 Å². The van der Waals surface area contributed by atoms with E-state index < -0.39 is 29.3 Å². The summed E-state index contributed by atoms with van der Waals surface area (Å²) in [7, 11) is 0. The van der Waals surface area contributed by atoms with Crippen molar-refractivity contribution in [3.8, 4) is 0 Å². The van der Waals surface area contributed by atoms with Gasteiger partial charge < -0.3 is 25.0 Å². The number of amides is 3. The van der Waals surface area contributed by atoms with Gasteiger partial charge in [-0.15, -0.1) is 0 Å². The lowest BCUT2D eigenvalue weighted by Crippen LogP contribution is -2.49. The van der Waals surface area contributed by atoms with E-state index in [1.54, 1.807) is 33.2 Å². The molecule has 0 bridgehead atoms. The predicted molar refractivity (Wildman–Crippen MR) is 146 cm³/mol. The molecule has 3 rings (SSSR count). The highest BCUT2D eigenvalue weighted by molar-refractivity contribution is 9.11. The van der Waals surface area contributed by atoms with Gasteiger partial charge in [0.2, 0.25) is 0 Å². The maximum Gasteiger partial charge on any atom is 0.412 e. The highest BCUT2D eigenvalue weighted by atomic mass is 79.9. The summed E-state index contributed by atoms with van der Waals surface area (Å²) < 4.78 is 11.1. The molecule has 1 unspecified atom stereocenters. The lowest BCUT2D eigenvalue weighted by molar-refractivity contribution is 0.0499. The second-order valence-corrected chi connectivity index (χ2v) is 12.8. The molecule has 1 fully saturated rings. The van der Waals surface area contributed by atoms with Gasteiger partial charge in [-0.2, -0.15) is 0 Å². The third-order valence-corrected chi connectivity index (χ3v) is 6.38.